The van der Waals surface area contributed by atoms with Gasteiger partial charge in [-0.1, -0.05) is 6.42 Å². The molecule has 2 aliphatic carbocycles. The second-order valence-corrected chi connectivity index (χ2v) is 6.33. The maximum absolute atomic E-state index is 6.12. The fourth-order valence-corrected chi connectivity index (χ4v) is 3.96. The van der Waals surface area contributed by atoms with Crippen molar-refractivity contribution >= 4 is 11.6 Å². The topological polar surface area (TPSA) is 43.6 Å². The Morgan fingerprint density at radius 3 is 2.71 bits per heavy atom. The van der Waals surface area contributed by atoms with Gasteiger partial charge in [0.1, 0.15) is 0 Å². The van der Waals surface area contributed by atoms with Gasteiger partial charge in [-0.15, -0.1) is 16.7 Å². The lowest BCUT2D eigenvalue weighted by atomic mass is 9.84. The molecule has 5 heteroatoms. The Bertz CT molecular complexity index is 403. The monoisotopic (exact) mass is 254 g/mol. The molecule has 0 spiro atoms. The molecule has 4 nitrogen and oxygen atoms in total. The van der Waals surface area contributed by atoms with Crippen molar-refractivity contribution in [1.29, 1.82) is 0 Å². The van der Waals surface area contributed by atoms with Crippen LogP contribution in [0.1, 0.15) is 56.8 Å². The van der Waals surface area contributed by atoms with Crippen LogP contribution in [0, 0.1) is 17.8 Å². The van der Waals surface area contributed by atoms with Crippen molar-refractivity contribution in [2.24, 2.45) is 17.8 Å². The van der Waals surface area contributed by atoms with Crippen LogP contribution in [0.3, 0.4) is 0 Å². The number of tetrazole rings is 1. The molecule has 94 valence electrons. The largest absolute Gasteiger partial charge is 0.225 e. The highest BCUT2D eigenvalue weighted by Gasteiger charge is 2.43. The second-order valence-electron chi connectivity index (χ2n) is 5.68. The molecule has 0 amide bonds. The van der Waals surface area contributed by atoms with Gasteiger partial charge in [0, 0.05) is 0 Å². The summed E-state index contributed by atoms with van der Waals surface area (Å²) >= 11 is 6.12. The number of hydrogen-bond acceptors (Lipinski definition) is 3. The standard InChI is InChI=1S/C12H19ClN4/c1-7(13)12-14-15-16-17(12)8(2)11-6-9-3-4-10(11)5-9/h7-11H,3-6H2,1-2H3. The van der Waals surface area contributed by atoms with Gasteiger partial charge in [-0.25, -0.2) is 4.68 Å². The molecule has 0 N–H and O–H groups in total. The van der Waals surface area contributed by atoms with Crippen LogP contribution in [-0.2, 0) is 0 Å². The molecule has 0 radical (unpaired) electrons. The quantitative estimate of drug-likeness (QED) is 0.779. The summed E-state index contributed by atoms with van der Waals surface area (Å²) in [5, 5.41) is 11.8. The maximum atomic E-state index is 6.12. The predicted octanol–water partition coefficient (Wildman–Crippen LogP) is 2.97. The highest BCUT2D eigenvalue weighted by molar-refractivity contribution is 6.20. The molecular weight excluding hydrogens is 236 g/mol. The van der Waals surface area contributed by atoms with Crippen molar-refractivity contribution in [2.45, 2.75) is 50.9 Å². The Labute approximate surface area is 107 Å². The fourth-order valence-electron chi connectivity index (χ4n) is 3.82. The smallest absolute Gasteiger partial charge is 0.169 e. The normalized spacial score (nSPS) is 35.1. The lowest BCUT2D eigenvalue weighted by Gasteiger charge is -2.28. The third-order valence-corrected chi connectivity index (χ3v) is 4.87. The molecule has 2 aliphatic rings. The molecule has 2 saturated carbocycles. The first-order chi connectivity index (χ1) is 8.16. The summed E-state index contributed by atoms with van der Waals surface area (Å²) in [5.41, 5.74) is 0. The van der Waals surface area contributed by atoms with Gasteiger partial charge in [-0.3, -0.25) is 0 Å². The average molecular weight is 255 g/mol. The van der Waals surface area contributed by atoms with Crippen molar-refractivity contribution in [1.82, 2.24) is 20.2 Å². The zero-order chi connectivity index (χ0) is 12.0. The number of alkyl halides is 1. The maximum Gasteiger partial charge on any atom is 0.169 e. The molecule has 0 aromatic carbocycles. The zero-order valence-electron chi connectivity index (χ0n) is 10.4. The lowest BCUT2D eigenvalue weighted by Crippen LogP contribution is -2.24. The predicted molar refractivity (Wildman–Crippen MR) is 65.7 cm³/mol. The van der Waals surface area contributed by atoms with Crippen LogP contribution in [0.25, 0.3) is 0 Å². The van der Waals surface area contributed by atoms with Crippen LogP contribution in [0.4, 0.5) is 0 Å². The minimum absolute atomic E-state index is 0.119. The highest BCUT2D eigenvalue weighted by atomic mass is 35.5. The summed E-state index contributed by atoms with van der Waals surface area (Å²) < 4.78 is 1.95. The number of rotatable bonds is 3. The van der Waals surface area contributed by atoms with Crippen LogP contribution >= 0.6 is 11.6 Å². The summed E-state index contributed by atoms with van der Waals surface area (Å²) in [6, 6.07) is 0.386. The molecule has 2 fully saturated rings. The Hall–Kier alpha value is -0.640. The summed E-state index contributed by atoms with van der Waals surface area (Å²) in [6.07, 6.45) is 5.60. The Morgan fingerprint density at radius 1 is 1.29 bits per heavy atom. The van der Waals surface area contributed by atoms with E-state index in [0.717, 1.165) is 23.6 Å². The van der Waals surface area contributed by atoms with Crippen LogP contribution in [-0.4, -0.2) is 20.2 Å². The Morgan fingerprint density at radius 2 is 2.12 bits per heavy atom. The molecule has 5 unspecified atom stereocenters. The van der Waals surface area contributed by atoms with Crippen LogP contribution in [0.15, 0.2) is 0 Å². The fraction of sp³-hybridized carbons (Fsp3) is 0.917. The van der Waals surface area contributed by atoms with E-state index in [1.807, 2.05) is 11.6 Å². The van der Waals surface area contributed by atoms with E-state index in [9.17, 15) is 0 Å². The number of fused-ring (bicyclic) bond motifs is 2. The molecule has 1 aromatic heterocycles. The van der Waals surface area contributed by atoms with Crippen molar-refractivity contribution < 1.29 is 0 Å². The lowest BCUT2D eigenvalue weighted by molar-refractivity contribution is 0.224. The summed E-state index contributed by atoms with van der Waals surface area (Å²) in [4.78, 5) is 0. The minimum atomic E-state index is -0.119. The molecule has 0 aliphatic heterocycles. The molecule has 17 heavy (non-hydrogen) atoms. The third kappa shape index (κ3) is 1.86. The number of halogens is 1. The van der Waals surface area contributed by atoms with E-state index in [1.54, 1.807) is 0 Å². The van der Waals surface area contributed by atoms with Crippen LogP contribution in [0.2, 0.25) is 0 Å². The van der Waals surface area contributed by atoms with E-state index in [4.69, 9.17) is 11.6 Å². The second kappa shape index (κ2) is 4.23. The minimum Gasteiger partial charge on any atom is -0.225 e. The van der Waals surface area contributed by atoms with Crippen molar-refractivity contribution in [3.63, 3.8) is 0 Å². The van der Waals surface area contributed by atoms with Gasteiger partial charge in [0.15, 0.2) is 5.82 Å². The number of aromatic nitrogens is 4. The molecule has 5 atom stereocenters. The number of nitrogens with zero attached hydrogens (tertiary/aromatic N) is 4. The van der Waals surface area contributed by atoms with Gasteiger partial charge in [-0.2, -0.15) is 0 Å². The zero-order valence-corrected chi connectivity index (χ0v) is 11.1. The molecule has 0 saturated heterocycles. The van der Waals surface area contributed by atoms with Gasteiger partial charge < -0.3 is 0 Å². The van der Waals surface area contributed by atoms with Gasteiger partial charge in [0.25, 0.3) is 0 Å². The van der Waals surface area contributed by atoms with E-state index >= 15 is 0 Å². The van der Waals surface area contributed by atoms with Crippen molar-refractivity contribution in [3.8, 4) is 0 Å². The van der Waals surface area contributed by atoms with E-state index in [1.165, 1.54) is 25.7 Å². The first-order valence-electron chi connectivity index (χ1n) is 6.58. The molecule has 1 aromatic rings. The Balaban J connectivity index is 1.82. The van der Waals surface area contributed by atoms with Gasteiger partial charge in [0.2, 0.25) is 0 Å². The average Bonchev–Trinajstić information content (AvgIpc) is 3.02. The van der Waals surface area contributed by atoms with E-state index in [2.05, 4.69) is 22.4 Å². The van der Waals surface area contributed by atoms with Crippen molar-refractivity contribution in [2.75, 3.05) is 0 Å². The molecule has 2 bridgehead atoms. The highest BCUT2D eigenvalue weighted by Crippen LogP contribution is 2.52. The van der Waals surface area contributed by atoms with Gasteiger partial charge in [0.05, 0.1) is 11.4 Å². The van der Waals surface area contributed by atoms with E-state index < -0.39 is 0 Å². The van der Waals surface area contributed by atoms with Crippen LogP contribution < -0.4 is 0 Å². The van der Waals surface area contributed by atoms with E-state index in [-0.39, 0.29) is 5.38 Å². The third-order valence-electron chi connectivity index (χ3n) is 4.67. The summed E-state index contributed by atoms with van der Waals surface area (Å²) in [7, 11) is 0. The van der Waals surface area contributed by atoms with E-state index in [0.29, 0.717) is 6.04 Å². The first-order valence-corrected chi connectivity index (χ1v) is 7.02. The summed E-state index contributed by atoms with van der Waals surface area (Å²) in [5.74, 6) is 3.40. The number of hydrogen-bond donors (Lipinski definition) is 0. The van der Waals surface area contributed by atoms with Crippen molar-refractivity contribution in [3.05, 3.63) is 5.82 Å². The molecule has 1 heterocycles. The molecule has 3 rings (SSSR count). The molecular formula is C12H19ClN4. The first kappa shape index (κ1) is 11.5. The van der Waals surface area contributed by atoms with Gasteiger partial charge >= 0.3 is 0 Å². The SMILES string of the molecule is CC(Cl)c1nnnn1C(C)C1CC2CCC1C2. The summed E-state index contributed by atoms with van der Waals surface area (Å²) in [6.45, 7) is 4.17. The van der Waals surface area contributed by atoms with Crippen LogP contribution in [0.5, 0.6) is 0 Å². The Kier molecular flexibility index (Phi) is 2.85. The van der Waals surface area contributed by atoms with Gasteiger partial charge in [-0.05, 0) is 61.3 Å².